The summed E-state index contributed by atoms with van der Waals surface area (Å²) in [6.45, 7) is 5.80. The van der Waals surface area contributed by atoms with Crippen LogP contribution in [0.25, 0.3) is 11.4 Å². The maximum absolute atomic E-state index is 13.7. The minimum absolute atomic E-state index is 0. The van der Waals surface area contributed by atoms with Crippen molar-refractivity contribution in [2.24, 2.45) is 0 Å². The van der Waals surface area contributed by atoms with Crippen molar-refractivity contribution >= 4 is 0 Å². The second-order valence-electron chi connectivity index (χ2n) is 10.1. The van der Waals surface area contributed by atoms with Crippen LogP contribution in [0.5, 0.6) is 0 Å². The number of nitrogens with zero attached hydrogens (tertiary/aromatic N) is 2. The predicted molar refractivity (Wildman–Crippen MR) is 160 cm³/mol. The summed E-state index contributed by atoms with van der Waals surface area (Å²) in [6.07, 6.45) is 0. The molecule has 0 atom stereocenters. The quantitative estimate of drug-likeness (QED) is 0.107. The predicted octanol–water partition coefficient (Wildman–Crippen LogP) is 8.60. The Labute approximate surface area is 275 Å². The molecule has 9 heteroatoms. The zero-order valence-electron chi connectivity index (χ0n) is 24.8. The molecule has 2 aromatic heterocycles. The summed E-state index contributed by atoms with van der Waals surface area (Å²) in [5.74, 6) is -2.75. The van der Waals surface area contributed by atoms with Gasteiger partial charge in [0.15, 0.2) is 0 Å². The molecule has 6 aromatic rings. The number of halogens is 4. The fourth-order valence-electron chi connectivity index (χ4n) is 5.12. The summed E-state index contributed by atoms with van der Waals surface area (Å²) in [5.41, 5.74) is 6.45. The molecule has 4 heterocycles. The van der Waals surface area contributed by atoms with Crippen molar-refractivity contribution < 1.29 is 48.8 Å². The third-order valence-electron chi connectivity index (χ3n) is 7.02. The summed E-state index contributed by atoms with van der Waals surface area (Å²) < 4.78 is 67.2. The van der Waals surface area contributed by atoms with Gasteiger partial charge in [-0.3, -0.25) is 0 Å². The summed E-state index contributed by atoms with van der Waals surface area (Å²) in [6, 6.07) is 33.3. The Balaban J connectivity index is 0.000000154. The molecular weight excluding hydrogens is 616 g/mol. The molecule has 45 heavy (non-hydrogen) atoms. The van der Waals surface area contributed by atoms with Gasteiger partial charge < -0.3 is 18.6 Å². The van der Waals surface area contributed by atoms with Gasteiger partial charge in [-0.15, -0.1) is 36.4 Å². The molecule has 0 fully saturated rings. The van der Waals surface area contributed by atoms with E-state index < -0.39 is 23.3 Å². The van der Waals surface area contributed by atoms with Crippen molar-refractivity contribution in [1.82, 2.24) is 9.13 Å². The normalized spacial score (nSPS) is 12.4. The number of aromatic nitrogens is 2. The average molecular weight is 647 g/mol. The van der Waals surface area contributed by atoms with Crippen molar-refractivity contribution in [2.45, 2.75) is 40.3 Å². The Kier molecular flexibility index (Phi) is 12.0. The molecule has 228 valence electrons. The minimum Gasteiger partial charge on any atom is -0.371 e. The van der Waals surface area contributed by atoms with Crippen LogP contribution in [0.15, 0.2) is 97.1 Å². The molecule has 2 aliphatic heterocycles. The third-order valence-corrected chi connectivity index (χ3v) is 7.02. The summed E-state index contributed by atoms with van der Waals surface area (Å²) in [5, 5.41) is 0. The van der Waals surface area contributed by atoms with E-state index in [9.17, 15) is 17.6 Å². The molecule has 2 aliphatic rings. The van der Waals surface area contributed by atoms with Gasteiger partial charge in [-0.2, -0.15) is 36.4 Å². The number of fused-ring (bicyclic) bond motifs is 2. The van der Waals surface area contributed by atoms with Gasteiger partial charge in [0, 0.05) is 57.2 Å². The van der Waals surface area contributed by atoms with Gasteiger partial charge >= 0.3 is 21.7 Å². The number of hydrogen-bond donors (Lipinski definition) is 0. The monoisotopic (exact) mass is 646 g/mol. The number of rotatable bonds is 2. The van der Waals surface area contributed by atoms with Crippen LogP contribution in [0, 0.1) is 49.2 Å². The maximum Gasteiger partial charge on any atom is 4.00 e. The Morgan fingerprint density at radius 1 is 0.600 bits per heavy atom. The van der Waals surface area contributed by atoms with Crippen LogP contribution >= 0.6 is 0 Å². The molecule has 8 rings (SSSR count). The smallest absolute Gasteiger partial charge is 0.371 e. The molecule has 0 saturated heterocycles. The van der Waals surface area contributed by atoms with E-state index in [-0.39, 0.29) is 21.7 Å². The Bertz CT molecular complexity index is 1620. The van der Waals surface area contributed by atoms with Crippen LogP contribution in [-0.2, 0) is 57.6 Å². The average Bonchev–Trinajstić information content (AvgIpc) is 3.83. The Morgan fingerprint density at radius 2 is 0.978 bits per heavy atom. The van der Waals surface area contributed by atoms with Crippen molar-refractivity contribution in [3.8, 4) is 11.4 Å². The van der Waals surface area contributed by atoms with Gasteiger partial charge in [-0.25, -0.2) is 41.8 Å². The van der Waals surface area contributed by atoms with Gasteiger partial charge in [0.05, 0.1) is 26.4 Å². The van der Waals surface area contributed by atoms with E-state index in [0.717, 1.165) is 33.9 Å². The molecule has 0 unspecified atom stereocenters. The SMILES string of the molecule is Cc1cc2c(n1-c1ccc(F)[c-]c1F)COC2.Cc1cc2c(n1-c1ccc(F)[c-]c1F)COC2.[Ti+4].c1cc[cH-]c1.c1cc[cH-]c1. The van der Waals surface area contributed by atoms with Crippen molar-refractivity contribution in [1.29, 1.82) is 0 Å². The minimum atomic E-state index is -0.691. The van der Waals surface area contributed by atoms with Gasteiger partial charge in [0.25, 0.3) is 0 Å². The van der Waals surface area contributed by atoms with Crippen molar-refractivity contribution in [2.75, 3.05) is 0 Å². The van der Waals surface area contributed by atoms with E-state index in [0.29, 0.717) is 37.8 Å². The number of benzene rings is 2. The molecule has 0 radical (unpaired) electrons. The van der Waals surface area contributed by atoms with Crippen molar-refractivity contribution in [3.63, 3.8) is 0 Å². The number of ether oxygens (including phenoxy) is 2. The van der Waals surface area contributed by atoms with Crippen LogP contribution in [0.3, 0.4) is 0 Å². The van der Waals surface area contributed by atoms with E-state index in [4.69, 9.17) is 9.47 Å². The van der Waals surface area contributed by atoms with Crippen molar-refractivity contribution in [3.05, 3.63) is 166 Å². The van der Waals surface area contributed by atoms with E-state index >= 15 is 0 Å². The Morgan fingerprint density at radius 3 is 1.29 bits per heavy atom. The second-order valence-corrected chi connectivity index (χ2v) is 10.1. The first-order valence-corrected chi connectivity index (χ1v) is 14.0. The van der Waals surface area contributed by atoms with Gasteiger partial charge in [0.2, 0.25) is 0 Å². The first-order valence-electron chi connectivity index (χ1n) is 14.0. The van der Waals surface area contributed by atoms with Crippen LogP contribution in [0.4, 0.5) is 17.6 Å². The molecule has 4 nitrogen and oxygen atoms in total. The molecule has 0 spiro atoms. The number of aryl methyl sites for hydroxylation is 2. The van der Waals surface area contributed by atoms with Gasteiger partial charge in [-0.1, -0.05) is 0 Å². The fraction of sp³-hybridized carbons (Fsp3) is 0.167. The standard InChI is InChI=1S/2C13H10F2NO.2C5H5.Ti/c2*1-8-4-9-6-17-7-13(9)16(8)12-3-2-10(14)5-11(12)15;2*1-2-4-5-3-1;/h2*2-4H,6-7H2,1H3;2*1-5H;/q4*-1;+4. The van der Waals surface area contributed by atoms with Gasteiger partial charge in [-0.05, 0) is 37.4 Å². The first kappa shape index (κ1) is 33.9. The van der Waals surface area contributed by atoms with Crippen LogP contribution < -0.4 is 0 Å². The first-order chi connectivity index (χ1) is 21.3. The third kappa shape index (κ3) is 8.21. The summed E-state index contributed by atoms with van der Waals surface area (Å²) in [4.78, 5) is 0. The zero-order valence-corrected chi connectivity index (χ0v) is 26.4. The summed E-state index contributed by atoms with van der Waals surface area (Å²) in [7, 11) is 0. The van der Waals surface area contributed by atoms with Gasteiger partial charge in [0.1, 0.15) is 0 Å². The summed E-state index contributed by atoms with van der Waals surface area (Å²) >= 11 is 0. The Hall–Kier alpha value is -3.95. The number of hydrogen-bond acceptors (Lipinski definition) is 2. The topological polar surface area (TPSA) is 28.3 Å². The molecule has 0 N–H and O–H groups in total. The molecule has 0 saturated carbocycles. The van der Waals surface area contributed by atoms with E-state index in [2.05, 4.69) is 12.1 Å². The largest absolute Gasteiger partial charge is 4.00 e. The molecule has 0 aliphatic carbocycles. The maximum atomic E-state index is 13.7. The fourth-order valence-corrected chi connectivity index (χ4v) is 5.12. The van der Waals surface area contributed by atoms with E-state index in [1.807, 2.05) is 86.6 Å². The molecular formula is C36H30F4N2O2Ti. The van der Waals surface area contributed by atoms with E-state index in [1.165, 1.54) is 24.3 Å². The van der Waals surface area contributed by atoms with E-state index in [1.54, 1.807) is 9.13 Å². The van der Waals surface area contributed by atoms with Crippen LogP contribution in [0.1, 0.15) is 33.9 Å². The zero-order chi connectivity index (χ0) is 31.1. The second kappa shape index (κ2) is 15.9. The molecule has 0 bridgehead atoms. The molecule has 4 aromatic carbocycles. The molecule has 0 amide bonds. The van der Waals surface area contributed by atoms with Crippen LogP contribution in [-0.4, -0.2) is 9.13 Å². The van der Waals surface area contributed by atoms with Crippen LogP contribution in [0.2, 0.25) is 0 Å².